The number of hydrogen-bond donors (Lipinski definition) is 0. The van der Waals surface area contributed by atoms with E-state index in [1.54, 1.807) is 11.1 Å². The van der Waals surface area contributed by atoms with Crippen LogP contribution < -0.4 is 0 Å². The first-order valence-corrected chi connectivity index (χ1v) is 11.9. The van der Waals surface area contributed by atoms with E-state index in [2.05, 4.69) is 50.5 Å². The second-order valence-corrected chi connectivity index (χ2v) is 11.4. The molecule has 78 valence electrons. The third kappa shape index (κ3) is 4.24. The van der Waals surface area contributed by atoms with Crippen molar-refractivity contribution in [3.8, 4) is 0 Å². The highest BCUT2D eigenvalue weighted by Crippen LogP contribution is 2.09. The molecule has 1 rings (SSSR count). The average molecular weight is 222 g/mol. The summed E-state index contributed by atoms with van der Waals surface area (Å²) in [7, 11) is -0.884. The molecule has 1 aromatic carbocycles. The van der Waals surface area contributed by atoms with Gasteiger partial charge in [-0.2, -0.15) is 0 Å². The molecular weight excluding hydrogens is 200 g/mol. The highest BCUT2D eigenvalue weighted by atomic mass is 28.3. The predicted octanol–water partition coefficient (Wildman–Crippen LogP) is 2.82. The molecule has 2 heteroatoms. The van der Waals surface area contributed by atoms with Crippen LogP contribution in [0.2, 0.25) is 26.2 Å². The summed E-state index contributed by atoms with van der Waals surface area (Å²) in [5.74, 6) is 0. The number of benzene rings is 1. The fraction of sp³-hybridized carbons (Fsp3) is 0.500. The van der Waals surface area contributed by atoms with Gasteiger partial charge in [-0.1, -0.05) is 61.6 Å². The summed E-state index contributed by atoms with van der Waals surface area (Å²) in [6.07, 6.45) is 0. The molecule has 0 atom stereocenters. The van der Waals surface area contributed by atoms with Crippen LogP contribution in [-0.4, -0.2) is 17.6 Å². The van der Waals surface area contributed by atoms with Gasteiger partial charge in [0.25, 0.3) is 0 Å². The SMILES string of the molecule is C[SiH](C)Cc1cccc(C[SiH](C)C)c1. The van der Waals surface area contributed by atoms with E-state index in [0.717, 1.165) is 0 Å². The Morgan fingerprint density at radius 2 is 1.29 bits per heavy atom. The first-order chi connectivity index (χ1) is 6.58. The molecule has 0 unspecified atom stereocenters. The molecule has 0 nitrogen and oxygen atoms in total. The lowest BCUT2D eigenvalue weighted by molar-refractivity contribution is 1.28. The quantitative estimate of drug-likeness (QED) is 0.687. The van der Waals surface area contributed by atoms with Crippen LogP contribution >= 0.6 is 0 Å². The minimum Gasteiger partial charge on any atom is -0.0719 e. The van der Waals surface area contributed by atoms with Gasteiger partial charge in [-0.3, -0.25) is 0 Å². The van der Waals surface area contributed by atoms with Gasteiger partial charge in [0, 0.05) is 17.6 Å². The van der Waals surface area contributed by atoms with Crippen LogP contribution in [0.25, 0.3) is 0 Å². The zero-order chi connectivity index (χ0) is 10.6. The smallest absolute Gasteiger partial charge is 0.0352 e. The van der Waals surface area contributed by atoms with Crippen LogP contribution in [-0.2, 0) is 12.1 Å². The minimum absolute atomic E-state index is 0.442. The molecule has 1 aromatic rings. The Labute approximate surface area is 91.6 Å². The molecule has 0 fully saturated rings. The molecule has 0 aliphatic rings. The van der Waals surface area contributed by atoms with Crippen molar-refractivity contribution in [3.05, 3.63) is 35.4 Å². The molecule has 0 N–H and O–H groups in total. The van der Waals surface area contributed by atoms with Crippen LogP contribution in [0, 0.1) is 0 Å². The van der Waals surface area contributed by atoms with Gasteiger partial charge in [0.2, 0.25) is 0 Å². The molecule has 14 heavy (non-hydrogen) atoms. The lowest BCUT2D eigenvalue weighted by Crippen LogP contribution is -2.08. The van der Waals surface area contributed by atoms with E-state index in [4.69, 9.17) is 0 Å². The first kappa shape index (κ1) is 11.7. The van der Waals surface area contributed by atoms with Gasteiger partial charge in [0.1, 0.15) is 0 Å². The molecule has 0 amide bonds. The molecular formula is C12H22Si2. The van der Waals surface area contributed by atoms with Gasteiger partial charge in [-0.15, -0.1) is 0 Å². The maximum atomic E-state index is 2.43. The molecule has 0 spiro atoms. The van der Waals surface area contributed by atoms with Crippen molar-refractivity contribution >= 4 is 17.6 Å². The van der Waals surface area contributed by atoms with Crippen molar-refractivity contribution in [2.45, 2.75) is 38.3 Å². The first-order valence-electron chi connectivity index (χ1n) is 5.65. The van der Waals surface area contributed by atoms with E-state index in [-0.39, 0.29) is 0 Å². The van der Waals surface area contributed by atoms with E-state index in [0.29, 0.717) is 0 Å². The Morgan fingerprint density at radius 3 is 1.64 bits per heavy atom. The van der Waals surface area contributed by atoms with E-state index in [1.807, 2.05) is 0 Å². The Hall–Kier alpha value is -0.346. The monoisotopic (exact) mass is 222 g/mol. The number of rotatable bonds is 4. The summed E-state index contributed by atoms with van der Waals surface area (Å²) in [6, 6.07) is 12.0. The van der Waals surface area contributed by atoms with Crippen LogP contribution in [0.15, 0.2) is 24.3 Å². The van der Waals surface area contributed by atoms with Gasteiger partial charge < -0.3 is 0 Å². The fourth-order valence-electron chi connectivity index (χ4n) is 1.83. The summed E-state index contributed by atoms with van der Waals surface area (Å²) in [5, 5.41) is 0. The lowest BCUT2D eigenvalue weighted by Gasteiger charge is -2.08. The molecule has 0 aliphatic heterocycles. The Kier molecular flexibility index (Phi) is 4.62. The molecule has 0 bridgehead atoms. The van der Waals surface area contributed by atoms with Gasteiger partial charge in [0.05, 0.1) is 0 Å². The highest BCUT2D eigenvalue weighted by molar-refractivity contribution is 6.55. The summed E-state index contributed by atoms with van der Waals surface area (Å²) in [4.78, 5) is 0. The normalized spacial score (nSPS) is 11.3. The second kappa shape index (κ2) is 5.51. The van der Waals surface area contributed by atoms with Gasteiger partial charge in [-0.05, 0) is 12.1 Å². The average Bonchev–Trinajstić information content (AvgIpc) is 2.01. The van der Waals surface area contributed by atoms with E-state index >= 15 is 0 Å². The van der Waals surface area contributed by atoms with Crippen LogP contribution in [0.5, 0.6) is 0 Å². The molecule has 0 radical (unpaired) electrons. The Bertz CT molecular complexity index is 254. The van der Waals surface area contributed by atoms with Gasteiger partial charge >= 0.3 is 0 Å². The topological polar surface area (TPSA) is 0 Å². The third-order valence-corrected chi connectivity index (χ3v) is 4.86. The zero-order valence-electron chi connectivity index (χ0n) is 9.88. The van der Waals surface area contributed by atoms with Crippen molar-refractivity contribution in [2.75, 3.05) is 0 Å². The molecule has 0 saturated heterocycles. The van der Waals surface area contributed by atoms with E-state index in [1.165, 1.54) is 12.1 Å². The summed E-state index contributed by atoms with van der Waals surface area (Å²) < 4.78 is 0. The standard InChI is InChI=1S/C12H22Si2/c1-13(2)9-11-6-5-7-12(8-11)10-14(3)4/h5-8,13-14H,9-10H2,1-4H3. The lowest BCUT2D eigenvalue weighted by atomic mass is 10.2. The number of hydrogen-bond acceptors (Lipinski definition) is 0. The Morgan fingerprint density at radius 1 is 0.857 bits per heavy atom. The largest absolute Gasteiger partial charge is 0.0719 e. The second-order valence-electron chi connectivity index (χ2n) is 5.02. The van der Waals surface area contributed by atoms with Crippen molar-refractivity contribution in [2.24, 2.45) is 0 Å². The van der Waals surface area contributed by atoms with Crippen LogP contribution in [0.1, 0.15) is 11.1 Å². The van der Waals surface area contributed by atoms with Crippen molar-refractivity contribution in [1.82, 2.24) is 0 Å². The third-order valence-electron chi connectivity index (χ3n) is 2.28. The Balaban J connectivity index is 2.68. The summed E-state index contributed by atoms with van der Waals surface area (Å²) in [5.41, 5.74) is 3.14. The van der Waals surface area contributed by atoms with Crippen LogP contribution in [0.3, 0.4) is 0 Å². The zero-order valence-corrected chi connectivity index (χ0v) is 12.2. The van der Waals surface area contributed by atoms with Crippen molar-refractivity contribution in [1.29, 1.82) is 0 Å². The minimum atomic E-state index is -0.442. The molecule has 0 heterocycles. The predicted molar refractivity (Wildman–Crippen MR) is 71.6 cm³/mol. The summed E-state index contributed by atoms with van der Waals surface area (Å²) >= 11 is 0. The molecule has 0 saturated carbocycles. The van der Waals surface area contributed by atoms with Crippen LogP contribution in [0.4, 0.5) is 0 Å². The maximum Gasteiger partial charge on any atom is 0.0352 e. The molecule has 0 aliphatic carbocycles. The van der Waals surface area contributed by atoms with Crippen molar-refractivity contribution < 1.29 is 0 Å². The van der Waals surface area contributed by atoms with Gasteiger partial charge in [-0.25, -0.2) is 0 Å². The maximum absolute atomic E-state index is 2.43. The fourth-order valence-corrected chi connectivity index (χ4v) is 4.22. The van der Waals surface area contributed by atoms with Crippen molar-refractivity contribution in [3.63, 3.8) is 0 Å². The van der Waals surface area contributed by atoms with E-state index < -0.39 is 17.6 Å². The highest BCUT2D eigenvalue weighted by Gasteiger charge is 2.02. The van der Waals surface area contributed by atoms with Gasteiger partial charge in [0.15, 0.2) is 0 Å². The summed E-state index contributed by atoms with van der Waals surface area (Å²) in [6.45, 7) is 9.68. The van der Waals surface area contributed by atoms with E-state index in [9.17, 15) is 0 Å². The molecule has 0 aromatic heterocycles.